The van der Waals surface area contributed by atoms with Gasteiger partial charge in [-0.2, -0.15) is 18.3 Å². The fourth-order valence-corrected chi connectivity index (χ4v) is 3.35. The molecule has 1 aromatic heterocycles. The van der Waals surface area contributed by atoms with E-state index in [0.717, 1.165) is 16.3 Å². The fourth-order valence-electron chi connectivity index (χ4n) is 2.46. The van der Waals surface area contributed by atoms with Gasteiger partial charge in [-0.3, -0.25) is 0 Å². The molecule has 0 spiro atoms. The van der Waals surface area contributed by atoms with Gasteiger partial charge in [-0.15, -0.1) is 0 Å². The van der Waals surface area contributed by atoms with Crippen molar-refractivity contribution in [3.05, 3.63) is 65.9 Å². The molecule has 0 saturated carbocycles. The maximum atomic E-state index is 13.2. The van der Waals surface area contributed by atoms with Crippen molar-refractivity contribution < 1.29 is 21.6 Å². The number of sulfonamides is 1. The van der Waals surface area contributed by atoms with Gasteiger partial charge in [0.2, 0.25) is 10.0 Å². The van der Waals surface area contributed by atoms with E-state index in [4.69, 9.17) is 5.14 Å². The lowest BCUT2D eigenvalue weighted by molar-refractivity contribution is -0.141. The van der Waals surface area contributed by atoms with Gasteiger partial charge in [0, 0.05) is 10.9 Å². The van der Waals surface area contributed by atoms with Crippen molar-refractivity contribution in [1.82, 2.24) is 9.78 Å². The maximum absolute atomic E-state index is 13.2. The molecule has 27 heavy (non-hydrogen) atoms. The number of halogens is 4. The van der Waals surface area contributed by atoms with Gasteiger partial charge in [0.15, 0.2) is 5.69 Å². The summed E-state index contributed by atoms with van der Waals surface area (Å²) < 4.78 is 63.4. The highest BCUT2D eigenvalue weighted by Gasteiger charge is 2.35. The van der Waals surface area contributed by atoms with E-state index >= 15 is 0 Å². The number of rotatable bonds is 4. The summed E-state index contributed by atoms with van der Waals surface area (Å²) in [5.74, 6) is 0. The van der Waals surface area contributed by atoms with Gasteiger partial charge in [0.25, 0.3) is 0 Å². The molecule has 0 saturated heterocycles. The first-order valence-corrected chi connectivity index (χ1v) is 10.2. The Labute approximate surface area is 161 Å². The van der Waals surface area contributed by atoms with Crippen LogP contribution >= 0.6 is 15.9 Å². The number of alkyl halides is 4. The molecule has 3 aromatic rings. The van der Waals surface area contributed by atoms with Crippen LogP contribution in [0.15, 0.2) is 59.5 Å². The predicted molar refractivity (Wildman–Crippen MR) is 98.0 cm³/mol. The Morgan fingerprint density at radius 1 is 1.04 bits per heavy atom. The second-order valence-electron chi connectivity index (χ2n) is 5.69. The molecule has 2 N–H and O–H groups in total. The highest BCUT2D eigenvalue weighted by atomic mass is 79.9. The summed E-state index contributed by atoms with van der Waals surface area (Å²) in [5.41, 5.74) is 0.971. The number of benzene rings is 2. The summed E-state index contributed by atoms with van der Waals surface area (Å²) >= 11 is 3.32. The summed E-state index contributed by atoms with van der Waals surface area (Å²) in [5, 5.41) is 9.34. The van der Waals surface area contributed by atoms with E-state index in [0.29, 0.717) is 10.9 Å². The number of hydrogen-bond donors (Lipinski definition) is 1. The molecule has 0 amide bonds. The van der Waals surface area contributed by atoms with Crippen molar-refractivity contribution in [2.45, 2.75) is 16.4 Å². The van der Waals surface area contributed by atoms with Crippen molar-refractivity contribution in [1.29, 1.82) is 0 Å². The van der Waals surface area contributed by atoms with E-state index in [2.05, 4.69) is 21.0 Å². The van der Waals surface area contributed by atoms with Gasteiger partial charge in [-0.05, 0) is 35.9 Å². The molecular weight excluding hydrogens is 447 g/mol. The molecule has 2 aromatic carbocycles. The molecule has 0 aliphatic rings. The van der Waals surface area contributed by atoms with Gasteiger partial charge in [0.1, 0.15) is 0 Å². The molecule has 0 aliphatic heterocycles. The third-order valence-corrected chi connectivity index (χ3v) is 5.39. The van der Waals surface area contributed by atoms with Crippen LogP contribution in [0.3, 0.4) is 0 Å². The number of primary sulfonamides is 1. The fraction of sp³-hybridized carbons (Fsp3) is 0.118. The van der Waals surface area contributed by atoms with Crippen LogP contribution in [0.1, 0.15) is 11.3 Å². The zero-order valence-electron chi connectivity index (χ0n) is 13.6. The van der Waals surface area contributed by atoms with Crippen LogP contribution in [-0.2, 0) is 21.5 Å². The van der Waals surface area contributed by atoms with Crippen LogP contribution in [0.5, 0.6) is 0 Å². The normalized spacial score (nSPS) is 12.3. The van der Waals surface area contributed by atoms with Crippen LogP contribution in [0, 0.1) is 0 Å². The topological polar surface area (TPSA) is 78.0 Å². The molecular formula is C17H13BrF3N3O2S. The lowest BCUT2D eigenvalue weighted by atomic mass is 10.1. The highest BCUT2D eigenvalue weighted by molar-refractivity contribution is 9.08. The predicted octanol–water partition coefficient (Wildman–Crippen LogP) is 4.10. The summed E-state index contributed by atoms with van der Waals surface area (Å²) in [4.78, 5) is -0.141. The Hall–Kier alpha value is -2.17. The Balaban J connectivity index is 2.14. The minimum Gasteiger partial charge on any atom is -0.233 e. The third kappa shape index (κ3) is 4.23. The van der Waals surface area contributed by atoms with Crippen LogP contribution in [0.25, 0.3) is 16.9 Å². The first-order chi connectivity index (χ1) is 12.6. The zero-order chi connectivity index (χ0) is 19.8. The highest BCUT2D eigenvalue weighted by Crippen LogP contribution is 2.33. The molecule has 0 unspecified atom stereocenters. The van der Waals surface area contributed by atoms with Crippen LogP contribution in [0.4, 0.5) is 13.2 Å². The van der Waals surface area contributed by atoms with Gasteiger partial charge in [-0.1, -0.05) is 40.2 Å². The van der Waals surface area contributed by atoms with E-state index in [1.165, 1.54) is 24.3 Å². The van der Waals surface area contributed by atoms with Crippen molar-refractivity contribution in [2.75, 3.05) is 0 Å². The number of nitrogens with zero attached hydrogens (tertiary/aromatic N) is 2. The summed E-state index contributed by atoms with van der Waals surface area (Å²) in [6, 6.07) is 13.1. The standard InChI is InChI=1S/C17H13BrF3N3O2S/c18-10-11-1-3-12(4-2-11)15-9-16(17(19,20)21)23-24(15)13-5-7-14(8-6-13)27(22,25)26/h1-9H,10H2,(H2,22,25,26). The molecule has 1 heterocycles. The molecule has 0 aliphatic carbocycles. The zero-order valence-corrected chi connectivity index (χ0v) is 16.0. The maximum Gasteiger partial charge on any atom is 0.435 e. The Bertz CT molecular complexity index is 1060. The van der Waals surface area contributed by atoms with Crippen molar-refractivity contribution in [3.63, 3.8) is 0 Å². The number of nitrogens with two attached hydrogens (primary N) is 1. The molecule has 0 bridgehead atoms. The largest absolute Gasteiger partial charge is 0.435 e. The Kier molecular flexibility index (Phi) is 5.15. The van der Waals surface area contributed by atoms with Crippen LogP contribution in [0.2, 0.25) is 0 Å². The molecule has 0 fully saturated rings. The second-order valence-corrected chi connectivity index (χ2v) is 7.82. The molecule has 3 rings (SSSR count). The lowest BCUT2D eigenvalue weighted by Crippen LogP contribution is -2.12. The van der Waals surface area contributed by atoms with E-state index in [1.54, 1.807) is 24.3 Å². The first-order valence-electron chi connectivity index (χ1n) is 7.55. The van der Waals surface area contributed by atoms with E-state index in [-0.39, 0.29) is 16.3 Å². The minimum atomic E-state index is -4.61. The minimum absolute atomic E-state index is 0.141. The van der Waals surface area contributed by atoms with Crippen molar-refractivity contribution in [3.8, 4) is 16.9 Å². The monoisotopic (exact) mass is 459 g/mol. The van der Waals surface area contributed by atoms with Crippen LogP contribution in [-0.4, -0.2) is 18.2 Å². The molecule has 10 heteroatoms. The van der Waals surface area contributed by atoms with Gasteiger partial charge in [0.05, 0.1) is 16.3 Å². The number of hydrogen-bond acceptors (Lipinski definition) is 3. The molecule has 142 valence electrons. The van der Waals surface area contributed by atoms with Crippen molar-refractivity contribution >= 4 is 26.0 Å². The molecule has 0 radical (unpaired) electrons. The van der Waals surface area contributed by atoms with E-state index < -0.39 is 21.9 Å². The van der Waals surface area contributed by atoms with E-state index in [9.17, 15) is 21.6 Å². The summed E-state index contributed by atoms with van der Waals surface area (Å²) in [6.45, 7) is 0. The molecule has 0 atom stereocenters. The SMILES string of the molecule is NS(=O)(=O)c1ccc(-n2nc(C(F)(F)F)cc2-c2ccc(CBr)cc2)cc1. The summed E-state index contributed by atoms with van der Waals surface area (Å²) in [7, 11) is -3.90. The quantitative estimate of drug-likeness (QED) is 0.596. The van der Waals surface area contributed by atoms with Gasteiger partial charge >= 0.3 is 6.18 Å². The van der Waals surface area contributed by atoms with E-state index in [1.807, 2.05) is 0 Å². The Morgan fingerprint density at radius 2 is 1.63 bits per heavy atom. The van der Waals surface area contributed by atoms with Crippen LogP contribution < -0.4 is 5.14 Å². The smallest absolute Gasteiger partial charge is 0.233 e. The summed E-state index contributed by atoms with van der Waals surface area (Å²) in [6.07, 6.45) is -4.61. The van der Waals surface area contributed by atoms with Gasteiger partial charge < -0.3 is 0 Å². The number of aromatic nitrogens is 2. The first kappa shape index (κ1) is 19.6. The molecule has 5 nitrogen and oxygen atoms in total. The second kappa shape index (κ2) is 7.10. The van der Waals surface area contributed by atoms with Gasteiger partial charge in [-0.25, -0.2) is 18.2 Å². The Morgan fingerprint density at radius 3 is 2.11 bits per heavy atom. The third-order valence-electron chi connectivity index (χ3n) is 3.81. The average molecular weight is 460 g/mol. The average Bonchev–Trinajstić information content (AvgIpc) is 3.07. The van der Waals surface area contributed by atoms with Crippen molar-refractivity contribution in [2.24, 2.45) is 5.14 Å². The lowest BCUT2D eigenvalue weighted by Gasteiger charge is -2.09.